The van der Waals surface area contributed by atoms with E-state index in [1.807, 2.05) is 0 Å². The van der Waals surface area contributed by atoms with E-state index in [2.05, 4.69) is 18.7 Å². The number of hydrogen-bond donors (Lipinski definition) is 1. The van der Waals surface area contributed by atoms with Crippen LogP contribution in [0.3, 0.4) is 0 Å². The maximum absolute atomic E-state index is 5.74. The fourth-order valence-electron chi connectivity index (χ4n) is 2.22. The molecule has 1 saturated heterocycles. The molecule has 2 nitrogen and oxygen atoms in total. The monoisotopic (exact) mass is 170 g/mol. The molecule has 1 fully saturated rings. The van der Waals surface area contributed by atoms with Gasteiger partial charge in [-0.2, -0.15) is 0 Å². The molecular formula is C10H22N2. The third kappa shape index (κ3) is 2.20. The molecule has 0 spiro atoms. The third-order valence-corrected chi connectivity index (χ3v) is 3.20. The molecular weight excluding hydrogens is 148 g/mol. The van der Waals surface area contributed by atoms with E-state index in [1.165, 1.54) is 25.8 Å². The van der Waals surface area contributed by atoms with Crippen molar-refractivity contribution in [3.05, 3.63) is 0 Å². The van der Waals surface area contributed by atoms with Gasteiger partial charge in [0.05, 0.1) is 0 Å². The van der Waals surface area contributed by atoms with Crippen LogP contribution in [-0.2, 0) is 0 Å². The van der Waals surface area contributed by atoms with Crippen molar-refractivity contribution >= 4 is 0 Å². The van der Waals surface area contributed by atoms with Gasteiger partial charge in [0.1, 0.15) is 0 Å². The summed E-state index contributed by atoms with van der Waals surface area (Å²) in [4.78, 5) is 2.52. The van der Waals surface area contributed by atoms with Crippen molar-refractivity contribution < 1.29 is 0 Å². The van der Waals surface area contributed by atoms with Crippen LogP contribution in [0.1, 0.15) is 33.1 Å². The minimum absolute atomic E-state index is 0.661. The first-order valence-electron chi connectivity index (χ1n) is 5.25. The number of hydrogen-bond acceptors (Lipinski definition) is 2. The predicted octanol–water partition coefficient (Wildman–Crippen LogP) is 1.46. The zero-order valence-corrected chi connectivity index (χ0v) is 8.42. The SMILES string of the molecule is CCC1CCN(CC)C(CN)C1. The lowest BCUT2D eigenvalue weighted by atomic mass is 9.89. The maximum atomic E-state index is 5.74. The van der Waals surface area contributed by atoms with Gasteiger partial charge in [-0.05, 0) is 31.8 Å². The van der Waals surface area contributed by atoms with E-state index >= 15 is 0 Å². The van der Waals surface area contributed by atoms with E-state index < -0.39 is 0 Å². The van der Waals surface area contributed by atoms with Crippen LogP contribution in [0.15, 0.2) is 0 Å². The van der Waals surface area contributed by atoms with Gasteiger partial charge in [-0.3, -0.25) is 4.90 Å². The van der Waals surface area contributed by atoms with Crippen LogP contribution in [-0.4, -0.2) is 30.6 Å². The Morgan fingerprint density at radius 1 is 1.42 bits per heavy atom. The maximum Gasteiger partial charge on any atom is 0.0220 e. The van der Waals surface area contributed by atoms with Crippen molar-refractivity contribution in [3.63, 3.8) is 0 Å². The average Bonchev–Trinajstić information content (AvgIpc) is 2.16. The van der Waals surface area contributed by atoms with E-state index in [1.54, 1.807) is 0 Å². The molecule has 0 aromatic carbocycles. The Kier molecular flexibility index (Phi) is 4.02. The quantitative estimate of drug-likeness (QED) is 0.694. The molecule has 0 amide bonds. The standard InChI is InChI=1S/C10H22N2/c1-3-9-5-6-12(4-2)10(7-9)8-11/h9-10H,3-8,11H2,1-2H3. The van der Waals surface area contributed by atoms with E-state index in [4.69, 9.17) is 5.73 Å². The molecule has 0 aromatic heterocycles. The summed E-state index contributed by atoms with van der Waals surface area (Å²) in [5, 5.41) is 0. The molecule has 2 unspecified atom stereocenters. The molecule has 2 heteroatoms. The van der Waals surface area contributed by atoms with Crippen molar-refractivity contribution in [2.75, 3.05) is 19.6 Å². The summed E-state index contributed by atoms with van der Waals surface area (Å²) in [5.41, 5.74) is 5.74. The largest absolute Gasteiger partial charge is 0.329 e. The number of likely N-dealkylation sites (tertiary alicyclic amines) is 1. The summed E-state index contributed by atoms with van der Waals surface area (Å²) in [6, 6.07) is 0.661. The molecule has 12 heavy (non-hydrogen) atoms. The average molecular weight is 170 g/mol. The van der Waals surface area contributed by atoms with Gasteiger partial charge in [-0.1, -0.05) is 20.3 Å². The molecule has 0 aliphatic carbocycles. The number of nitrogens with two attached hydrogens (primary N) is 1. The van der Waals surface area contributed by atoms with Crippen LogP contribution in [0.2, 0.25) is 0 Å². The highest BCUT2D eigenvalue weighted by atomic mass is 15.2. The second kappa shape index (κ2) is 4.83. The molecule has 1 rings (SSSR count). The van der Waals surface area contributed by atoms with Crippen LogP contribution in [0.25, 0.3) is 0 Å². The van der Waals surface area contributed by atoms with Gasteiger partial charge in [0, 0.05) is 12.6 Å². The first kappa shape index (κ1) is 10.0. The van der Waals surface area contributed by atoms with E-state index in [9.17, 15) is 0 Å². The lowest BCUT2D eigenvalue weighted by Gasteiger charge is -2.38. The van der Waals surface area contributed by atoms with Gasteiger partial charge < -0.3 is 5.73 Å². The molecule has 0 radical (unpaired) electrons. The molecule has 72 valence electrons. The first-order chi connectivity index (χ1) is 5.81. The Bertz CT molecular complexity index is 125. The number of nitrogens with zero attached hydrogens (tertiary/aromatic N) is 1. The fraction of sp³-hybridized carbons (Fsp3) is 1.00. The lowest BCUT2D eigenvalue weighted by molar-refractivity contribution is 0.121. The number of rotatable bonds is 3. The fourth-order valence-corrected chi connectivity index (χ4v) is 2.22. The summed E-state index contributed by atoms with van der Waals surface area (Å²) in [5.74, 6) is 0.932. The second-order valence-corrected chi connectivity index (χ2v) is 3.82. The summed E-state index contributed by atoms with van der Waals surface area (Å²) in [7, 11) is 0. The highest BCUT2D eigenvalue weighted by Gasteiger charge is 2.24. The number of piperidine rings is 1. The van der Waals surface area contributed by atoms with Crippen LogP contribution in [0, 0.1) is 5.92 Å². The Morgan fingerprint density at radius 3 is 2.67 bits per heavy atom. The summed E-state index contributed by atoms with van der Waals surface area (Å²) in [6.45, 7) is 7.79. The van der Waals surface area contributed by atoms with Gasteiger partial charge in [-0.15, -0.1) is 0 Å². The Labute approximate surface area is 76.1 Å². The molecule has 0 bridgehead atoms. The second-order valence-electron chi connectivity index (χ2n) is 3.82. The van der Waals surface area contributed by atoms with Crippen molar-refractivity contribution in [3.8, 4) is 0 Å². The minimum Gasteiger partial charge on any atom is -0.329 e. The van der Waals surface area contributed by atoms with Crippen molar-refractivity contribution in [1.82, 2.24) is 4.90 Å². The van der Waals surface area contributed by atoms with Crippen LogP contribution >= 0.6 is 0 Å². The molecule has 1 heterocycles. The van der Waals surface area contributed by atoms with E-state index in [0.717, 1.165) is 19.0 Å². The topological polar surface area (TPSA) is 29.3 Å². The van der Waals surface area contributed by atoms with Gasteiger partial charge in [0.2, 0.25) is 0 Å². The van der Waals surface area contributed by atoms with Gasteiger partial charge >= 0.3 is 0 Å². The summed E-state index contributed by atoms with van der Waals surface area (Å²) < 4.78 is 0. The molecule has 1 aliphatic heterocycles. The normalized spacial score (nSPS) is 32.2. The Balaban J connectivity index is 2.41. The van der Waals surface area contributed by atoms with Crippen molar-refractivity contribution in [1.29, 1.82) is 0 Å². The van der Waals surface area contributed by atoms with Crippen molar-refractivity contribution in [2.45, 2.75) is 39.2 Å². The molecule has 2 atom stereocenters. The lowest BCUT2D eigenvalue weighted by Crippen LogP contribution is -2.46. The van der Waals surface area contributed by atoms with E-state index in [0.29, 0.717) is 6.04 Å². The van der Waals surface area contributed by atoms with Crippen molar-refractivity contribution in [2.24, 2.45) is 11.7 Å². The van der Waals surface area contributed by atoms with E-state index in [-0.39, 0.29) is 0 Å². The molecule has 0 saturated carbocycles. The van der Waals surface area contributed by atoms with Gasteiger partial charge in [0.15, 0.2) is 0 Å². The van der Waals surface area contributed by atoms with Crippen LogP contribution in [0.5, 0.6) is 0 Å². The summed E-state index contributed by atoms with van der Waals surface area (Å²) in [6.07, 6.45) is 4.02. The van der Waals surface area contributed by atoms with Crippen LogP contribution in [0.4, 0.5) is 0 Å². The molecule has 0 aromatic rings. The predicted molar refractivity (Wildman–Crippen MR) is 53.1 cm³/mol. The Morgan fingerprint density at radius 2 is 2.17 bits per heavy atom. The van der Waals surface area contributed by atoms with Gasteiger partial charge in [0.25, 0.3) is 0 Å². The molecule has 2 N–H and O–H groups in total. The Hall–Kier alpha value is -0.0800. The summed E-state index contributed by atoms with van der Waals surface area (Å²) >= 11 is 0. The number of likely N-dealkylation sites (N-methyl/N-ethyl adjacent to an activating group) is 1. The molecule has 1 aliphatic rings. The minimum atomic E-state index is 0.661. The first-order valence-corrected chi connectivity index (χ1v) is 5.25. The highest BCUT2D eigenvalue weighted by molar-refractivity contribution is 4.80. The van der Waals surface area contributed by atoms with Crippen LogP contribution < -0.4 is 5.73 Å². The smallest absolute Gasteiger partial charge is 0.0220 e. The zero-order chi connectivity index (χ0) is 8.97. The third-order valence-electron chi connectivity index (χ3n) is 3.20. The highest BCUT2D eigenvalue weighted by Crippen LogP contribution is 2.24. The zero-order valence-electron chi connectivity index (χ0n) is 8.42. The van der Waals surface area contributed by atoms with Gasteiger partial charge in [-0.25, -0.2) is 0 Å².